The van der Waals surface area contributed by atoms with Crippen molar-refractivity contribution in [1.29, 1.82) is 0 Å². The first-order valence-corrected chi connectivity index (χ1v) is 40.4. The zero-order valence-corrected chi connectivity index (χ0v) is 72.2. The Morgan fingerprint density at radius 2 is 0.658 bits per heavy atom. The molecule has 0 amide bonds. The molecule has 15 rings (SSSR count). The minimum Gasteiger partial charge on any atom is -0.464 e. The first-order chi connectivity index (χ1) is 56.5. The molecule has 0 fully saturated rings. The van der Waals surface area contributed by atoms with Crippen LogP contribution in [0.2, 0.25) is 0 Å². The quantitative estimate of drug-likeness (QED) is 0.140. The highest BCUT2D eigenvalue weighted by molar-refractivity contribution is 5.81. The molecule has 1 aromatic heterocycles. The molecular weight excluding hydrogens is 1370 g/mol. The van der Waals surface area contributed by atoms with Crippen molar-refractivity contribution in [2.75, 3.05) is 0 Å². The molecule has 0 N–H and O–H groups in total. The van der Waals surface area contributed by atoms with Gasteiger partial charge < -0.3 is 4.42 Å². The summed E-state index contributed by atoms with van der Waals surface area (Å²) in [5.41, 5.74) is 36.5. The topological polar surface area (TPSA) is 13.1 Å². The van der Waals surface area contributed by atoms with Gasteiger partial charge in [0.25, 0.3) is 0 Å². The van der Waals surface area contributed by atoms with Crippen LogP contribution in [-0.4, -0.2) is 0 Å². The first-order valence-electron chi connectivity index (χ1n) is 42.9. The second-order valence-corrected chi connectivity index (χ2v) is 32.9. The van der Waals surface area contributed by atoms with Gasteiger partial charge in [0.05, 0.1) is 13.1 Å². The van der Waals surface area contributed by atoms with Gasteiger partial charge in [0.15, 0.2) is 0 Å². The minimum absolute atomic E-state index is 0.124. The Balaban J connectivity index is 0.000000170. The lowest BCUT2D eigenvalue weighted by molar-refractivity contribution is 0.586. The van der Waals surface area contributed by atoms with E-state index in [1.807, 2.05) is 12.1 Å². The molecule has 0 aliphatic rings. The number of rotatable bonds is 9. The van der Waals surface area contributed by atoms with Gasteiger partial charge in [-0.05, 0) is 249 Å². The molecule has 14 aromatic carbocycles. The molecule has 0 atom stereocenters. The van der Waals surface area contributed by atoms with Crippen LogP contribution in [0.1, 0.15) is 191 Å². The maximum Gasteiger partial charge on any atom is 0.136 e. The van der Waals surface area contributed by atoms with Crippen LogP contribution in [0, 0.1) is 69.2 Å². The molecule has 1 heteroatoms. The second-order valence-electron chi connectivity index (χ2n) is 32.9. The molecular formula is C113H126O. The summed E-state index contributed by atoms with van der Waals surface area (Å²) in [6.45, 7) is 47.9. The van der Waals surface area contributed by atoms with E-state index in [0.29, 0.717) is 23.3 Å². The predicted octanol–water partition coefficient (Wildman–Crippen LogP) is 33.3. The molecule has 584 valence electrons. The minimum atomic E-state index is -0.337. The molecule has 0 saturated heterocycles. The molecule has 0 aliphatic carbocycles. The van der Waals surface area contributed by atoms with Crippen molar-refractivity contribution in [2.24, 2.45) is 0 Å². The van der Waals surface area contributed by atoms with E-state index in [2.05, 4.69) is 443 Å². The van der Waals surface area contributed by atoms with Crippen LogP contribution >= 0.6 is 0 Å². The van der Waals surface area contributed by atoms with Crippen molar-refractivity contribution in [3.8, 4) is 66.8 Å². The molecule has 0 saturated carbocycles. The highest BCUT2D eigenvalue weighted by Crippen LogP contribution is 2.35. The maximum atomic E-state index is 7.31. The normalized spacial score (nSPS) is 11.4. The highest BCUT2D eigenvalue weighted by atomic mass is 16.3. The Labute approximate surface area is 695 Å². The average Bonchev–Trinajstić information content (AvgIpc) is 1.65. The Morgan fingerprint density at radius 3 is 1.10 bits per heavy atom. The lowest BCUT2D eigenvalue weighted by atomic mass is 9.82. The summed E-state index contributed by atoms with van der Waals surface area (Å²) < 4.78 is 41.7. The van der Waals surface area contributed by atoms with Crippen LogP contribution in [-0.2, 0) is 10.8 Å². The molecule has 114 heavy (non-hydrogen) atoms. The molecule has 15 aromatic rings. The van der Waals surface area contributed by atoms with Crippen molar-refractivity contribution in [3.05, 3.63) is 429 Å². The number of benzene rings is 14. The van der Waals surface area contributed by atoms with Gasteiger partial charge in [0.2, 0.25) is 0 Å². The molecule has 0 spiro atoms. The van der Waals surface area contributed by atoms with Gasteiger partial charge in [-0.2, -0.15) is 0 Å². The van der Waals surface area contributed by atoms with E-state index in [1.165, 1.54) is 157 Å². The van der Waals surface area contributed by atoms with Crippen LogP contribution in [0.3, 0.4) is 0 Å². The fourth-order valence-corrected chi connectivity index (χ4v) is 13.4. The zero-order valence-electron chi connectivity index (χ0n) is 77.2. The van der Waals surface area contributed by atoms with E-state index in [1.54, 1.807) is 6.26 Å². The van der Waals surface area contributed by atoms with Crippen LogP contribution in [0.25, 0.3) is 77.7 Å². The molecule has 0 unspecified atom stereocenters. The maximum absolute atomic E-state index is 7.31. The smallest absolute Gasteiger partial charge is 0.136 e. The summed E-state index contributed by atoms with van der Waals surface area (Å²) in [5.74, 6) is 1.75. The lowest BCUT2D eigenvalue weighted by Crippen LogP contribution is -2.13. The van der Waals surface area contributed by atoms with E-state index < -0.39 is 0 Å². The Morgan fingerprint density at radius 1 is 0.263 bits per heavy atom. The van der Waals surface area contributed by atoms with Gasteiger partial charge in [0, 0.05) is 5.39 Å². The Hall–Kier alpha value is -11.4. The Bertz CT molecular complexity index is 5580. The summed E-state index contributed by atoms with van der Waals surface area (Å²) in [6, 6.07) is 109. The summed E-state index contributed by atoms with van der Waals surface area (Å²) in [7, 11) is 0. The number of furan rings is 1. The van der Waals surface area contributed by atoms with Crippen molar-refractivity contribution >= 4 is 11.0 Å². The largest absolute Gasteiger partial charge is 0.464 e. The standard InChI is InChI=1S/2C17H20.2C16H18.2C14H14.C12H14O.C7H8/c1-13-10-11-15(17(2,3)4)12-16(13)14-8-6-5-7-9-14;1-13-10-11-15(12-16(13)17(2,3)4)14-8-6-5-7-9-14;1-12(2)16-11-15(10-9-13(16)3)14-7-5-4-6-8-14;1-12(2)15-10-9-13(3)16(11-15)14-7-5-4-6-8-14;1-11-8-9-14(10-12(11)2)13-6-4-3-5-7-13;1-11-8-9-12(2)14(10-11)13-6-4-3-5-7-13;1-8(2)11-6-9(3)12-10(7-11)4-5-13-12;1-7-5-3-2-4-6-7/h2*5-12H,1-4H3;2*4-12H,1-3H3;2*3-10H,1-2H3;4-8H,1-3H3;2-6H,1H3/i;;;;;;;2D,3D,4D,5D,6D. The third kappa shape index (κ3) is 26.9. The van der Waals surface area contributed by atoms with E-state index in [0.717, 1.165) is 5.58 Å². The molecule has 0 aliphatic heterocycles. The van der Waals surface area contributed by atoms with Gasteiger partial charge in [0.1, 0.15) is 5.58 Å². The monoisotopic (exact) mass is 1500 g/mol. The Kier molecular flexibility index (Phi) is 30.4. The molecule has 0 radical (unpaired) electrons. The fourth-order valence-electron chi connectivity index (χ4n) is 13.4. The van der Waals surface area contributed by atoms with Crippen molar-refractivity contribution in [1.82, 2.24) is 0 Å². The summed E-state index contributed by atoms with van der Waals surface area (Å²) in [6.07, 6.45) is 1.75. The van der Waals surface area contributed by atoms with Crippen LogP contribution in [0.15, 0.2) is 350 Å². The van der Waals surface area contributed by atoms with E-state index in [-0.39, 0.29) is 41.0 Å². The van der Waals surface area contributed by atoms with Gasteiger partial charge in [-0.15, -0.1) is 0 Å². The third-order valence-corrected chi connectivity index (χ3v) is 20.5. The molecule has 1 nitrogen and oxygen atoms in total. The SMILES string of the molecule is Cc1cc(C(C)C)cc2ccoc12.Cc1ccc(-c2ccccc2)cc1C.Cc1ccc(-c2ccccc2)cc1C(C)(C)C.Cc1ccc(-c2ccccc2)cc1C(C)C.Cc1ccc(C(C)(C)C)cc1-c1ccccc1.Cc1ccc(C(C)C)cc1-c1ccccc1.Cc1ccc(C)c(-c2ccccc2)c1.[2H]c1c([2H])c([2H])c(C)c([2H])c1[2H]. The lowest BCUT2D eigenvalue weighted by Gasteiger charge is -2.22. The number of hydrogen-bond acceptors (Lipinski definition) is 1. The summed E-state index contributed by atoms with van der Waals surface area (Å²) in [5, 5.41) is 1.21. The van der Waals surface area contributed by atoms with Gasteiger partial charge in [-0.3, -0.25) is 0 Å². The third-order valence-electron chi connectivity index (χ3n) is 20.5. The van der Waals surface area contributed by atoms with Crippen LogP contribution < -0.4 is 0 Å². The highest BCUT2D eigenvalue weighted by Gasteiger charge is 2.18. The number of aryl methyl sites for hydroxylation is 9. The second kappa shape index (κ2) is 43.0. The molecule has 0 bridgehead atoms. The van der Waals surface area contributed by atoms with E-state index in [9.17, 15) is 0 Å². The average molecular weight is 1510 g/mol. The van der Waals surface area contributed by atoms with Crippen molar-refractivity contribution < 1.29 is 11.3 Å². The predicted molar refractivity (Wildman–Crippen MR) is 501 cm³/mol. The van der Waals surface area contributed by atoms with Gasteiger partial charge >= 0.3 is 0 Å². The number of hydrogen-bond donors (Lipinski definition) is 0. The van der Waals surface area contributed by atoms with E-state index >= 15 is 0 Å². The van der Waals surface area contributed by atoms with Crippen LogP contribution in [0.4, 0.5) is 0 Å². The fraction of sp³-hybridized carbons (Fsp3) is 0.239. The summed E-state index contributed by atoms with van der Waals surface area (Å²) in [4.78, 5) is 0. The van der Waals surface area contributed by atoms with Gasteiger partial charge in [-0.25, -0.2) is 0 Å². The first kappa shape index (κ1) is 80.7. The van der Waals surface area contributed by atoms with Crippen LogP contribution in [0.5, 0.6) is 0 Å². The van der Waals surface area contributed by atoms with Gasteiger partial charge in [-0.1, -0.05) is 422 Å². The number of fused-ring (bicyclic) bond motifs is 1. The van der Waals surface area contributed by atoms with Crippen molar-refractivity contribution in [2.45, 2.75) is 181 Å². The van der Waals surface area contributed by atoms with Crippen molar-refractivity contribution in [3.63, 3.8) is 0 Å². The van der Waals surface area contributed by atoms with E-state index in [4.69, 9.17) is 11.3 Å². The summed E-state index contributed by atoms with van der Waals surface area (Å²) >= 11 is 0. The zero-order chi connectivity index (χ0) is 86.8. The molecule has 1 heterocycles.